The Morgan fingerprint density at radius 3 is 1.93 bits per heavy atom. The van der Waals surface area contributed by atoms with Gasteiger partial charge < -0.3 is 18.9 Å². The van der Waals surface area contributed by atoms with Crippen LogP contribution in [0, 0.1) is 6.92 Å². The van der Waals surface area contributed by atoms with Crippen LogP contribution in [0.25, 0.3) is 11.1 Å². The van der Waals surface area contributed by atoms with Crippen LogP contribution in [0.4, 0.5) is 0 Å². The SMILES string of the molecule is COCCOCCC1(CCOCCOC)c2ccccc2-c2ccc(C)cc21. The van der Waals surface area contributed by atoms with Gasteiger partial charge in [0.1, 0.15) is 0 Å². The van der Waals surface area contributed by atoms with Crippen molar-refractivity contribution >= 4 is 0 Å². The fraction of sp³-hybridized carbons (Fsp3) is 0.500. The van der Waals surface area contributed by atoms with Gasteiger partial charge in [-0.2, -0.15) is 0 Å². The average Bonchev–Trinajstić information content (AvgIpc) is 2.97. The van der Waals surface area contributed by atoms with E-state index >= 15 is 0 Å². The van der Waals surface area contributed by atoms with E-state index in [1.54, 1.807) is 14.2 Å². The van der Waals surface area contributed by atoms with Crippen molar-refractivity contribution in [2.75, 3.05) is 53.9 Å². The predicted molar refractivity (Wildman–Crippen MR) is 112 cm³/mol. The zero-order valence-electron chi connectivity index (χ0n) is 17.3. The lowest BCUT2D eigenvalue weighted by Gasteiger charge is -2.32. The minimum absolute atomic E-state index is 0.0852. The second-order valence-corrected chi connectivity index (χ2v) is 7.39. The molecule has 2 aromatic rings. The van der Waals surface area contributed by atoms with Gasteiger partial charge in [-0.05, 0) is 42.0 Å². The number of methoxy groups -OCH3 is 2. The molecule has 0 saturated carbocycles. The average molecular weight is 385 g/mol. The predicted octanol–water partition coefficient (Wildman–Crippen LogP) is 4.37. The fourth-order valence-electron chi connectivity index (χ4n) is 4.21. The minimum Gasteiger partial charge on any atom is -0.382 e. The topological polar surface area (TPSA) is 36.9 Å². The van der Waals surface area contributed by atoms with E-state index in [0.717, 1.165) is 12.8 Å². The molecule has 3 rings (SSSR count). The summed E-state index contributed by atoms with van der Waals surface area (Å²) in [5.41, 5.74) is 6.68. The molecule has 0 saturated heterocycles. The highest BCUT2D eigenvalue weighted by molar-refractivity contribution is 5.81. The Morgan fingerprint density at radius 1 is 0.679 bits per heavy atom. The van der Waals surface area contributed by atoms with E-state index in [9.17, 15) is 0 Å². The smallest absolute Gasteiger partial charge is 0.0700 e. The maximum Gasteiger partial charge on any atom is 0.0700 e. The summed E-state index contributed by atoms with van der Waals surface area (Å²) in [6.07, 6.45) is 1.86. The van der Waals surface area contributed by atoms with Crippen molar-refractivity contribution in [2.24, 2.45) is 0 Å². The largest absolute Gasteiger partial charge is 0.382 e. The molecule has 0 atom stereocenters. The molecule has 2 aromatic carbocycles. The summed E-state index contributed by atoms with van der Waals surface area (Å²) in [4.78, 5) is 0. The minimum atomic E-state index is -0.0852. The van der Waals surface area contributed by atoms with Crippen LogP contribution < -0.4 is 0 Å². The highest BCUT2D eigenvalue weighted by Gasteiger charge is 2.42. The van der Waals surface area contributed by atoms with E-state index < -0.39 is 0 Å². The summed E-state index contributed by atoms with van der Waals surface area (Å²) in [5.74, 6) is 0. The molecule has 0 amide bonds. The van der Waals surface area contributed by atoms with Gasteiger partial charge in [-0.1, -0.05) is 48.0 Å². The number of ether oxygens (including phenoxy) is 4. The molecular weight excluding hydrogens is 352 g/mol. The lowest BCUT2D eigenvalue weighted by Crippen LogP contribution is -2.29. The van der Waals surface area contributed by atoms with Gasteiger partial charge in [-0.3, -0.25) is 0 Å². The highest BCUT2D eigenvalue weighted by atomic mass is 16.5. The van der Waals surface area contributed by atoms with Gasteiger partial charge in [0.2, 0.25) is 0 Å². The quantitative estimate of drug-likeness (QED) is 0.509. The van der Waals surface area contributed by atoms with Gasteiger partial charge in [-0.25, -0.2) is 0 Å². The van der Waals surface area contributed by atoms with E-state index in [1.165, 1.54) is 27.8 Å². The Balaban J connectivity index is 1.89. The zero-order valence-corrected chi connectivity index (χ0v) is 17.3. The van der Waals surface area contributed by atoms with Crippen LogP contribution in [0.2, 0.25) is 0 Å². The first-order valence-corrected chi connectivity index (χ1v) is 10.1. The molecule has 0 aromatic heterocycles. The molecule has 28 heavy (non-hydrogen) atoms. The monoisotopic (exact) mass is 384 g/mol. The molecule has 0 fully saturated rings. The van der Waals surface area contributed by atoms with Crippen molar-refractivity contribution in [1.82, 2.24) is 0 Å². The van der Waals surface area contributed by atoms with Crippen LogP contribution in [0.5, 0.6) is 0 Å². The molecule has 152 valence electrons. The number of aryl methyl sites for hydroxylation is 1. The molecule has 0 N–H and O–H groups in total. The molecule has 0 unspecified atom stereocenters. The summed E-state index contributed by atoms with van der Waals surface area (Å²) < 4.78 is 22.0. The van der Waals surface area contributed by atoms with Gasteiger partial charge in [0.15, 0.2) is 0 Å². The Bertz CT molecular complexity index is 742. The second-order valence-electron chi connectivity index (χ2n) is 7.39. The Morgan fingerprint density at radius 2 is 1.29 bits per heavy atom. The highest BCUT2D eigenvalue weighted by Crippen LogP contribution is 2.52. The second kappa shape index (κ2) is 10.2. The van der Waals surface area contributed by atoms with Gasteiger partial charge in [0, 0.05) is 32.8 Å². The van der Waals surface area contributed by atoms with Gasteiger partial charge in [-0.15, -0.1) is 0 Å². The standard InChI is InChI=1S/C24H32O4/c1-19-8-9-21-20-6-4-5-7-22(20)24(23(21)18-19,10-12-27-16-14-25-2)11-13-28-17-15-26-3/h4-9,18H,10-17H2,1-3H3. The summed E-state index contributed by atoms with van der Waals surface area (Å²) >= 11 is 0. The van der Waals surface area contributed by atoms with Gasteiger partial charge in [0.05, 0.1) is 26.4 Å². The number of benzene rings is 2. The van der Waals surface area contributed by atoms with Crippen molar-refractivity contribution in [3.05, 3.63) is 59.2 Å². The van der Waals surface area contributed by atoms with Crippen LogP contribution >= 0.6 is 0 Å². The summed E-state index contributed by atoms with van der Waals surface area (Å²) in [6, 6.07) is 15.6. The molecule has 0 bridgehead atoms. The summed E-state index contributed by atoms with van der Waals surface area (Å²) in [7, 11) is 3.41. The van der Waals surface area contributed by atoms with E-state index in [4.69, 9.17) is 18.9 Å². The van der Waals surface area contributed by atoms with Crippen LogP contribution in [0.15, 0.2) is 42.5 Å². The molecule has 0 aliphatic heterocycles. The first-order chi connectivity index (χ1) is 13.7. The third-order valence-electron chi connectivity index (χ3n) is 5.63. The molecule has 0 heterocycles. The van der Waals surface area contributed by atoms with Crippen LogP contribution in [0.1, 0.15) is 29.5 Å². The number of rotatable bonds is 12. The summed E-state index contributed by atoms with van der Waals surface area (Å²) in [5, 5.41) is 0. The molecule has 4 heteroatoms. The Kier molecular flexibility index (Phi) is 7.63. The van der Waals surface area contributed by atoms with E-state index in [2.05, 4.69) is 49.4 Å². The van der Waals surface area contributed by atoms with Crippen molar-refractivity contribution in [2.45, 2.75) is 25.2 Å². The molecular formula is C24H32O4. The third kappa shape index (κ3) is 4.47. The van der Waals surface area contributed by atoms with E-state index in [0.29, 0.717) is 39.6 Å². The number of hydrogen-bond acceptors (Lipinski definition) is 4. The van der Waals surface area contributed by atoms with Crippen molar-refractivity contribution in [3.63, 3.8) is 0 Å². The molecule has 1 aliphatic rings. The Hall–Kier alpha value is -1.72. The molecule has 0 radical (unpaired) electrons. The fourth-order valence-corrected chi connectivity index (χ4v) is 4.21. The third-order valence-corrected chi connectivity index (χ3v) is 5.63. The van der Waals surface area contributed by atoms with Crippen molar-refractivity contribution < 1.29 is 18.9 Å². The first kappa shape index (κ1) is 21.0. The van der Waals surface area contributed by atoms with Crippen LogP contribution in [-0.2, 0) is 24.4 Å². The number of hydrogen-bond donors (Lipinski definition) is 0. The lowest BCUT2D eigenvalue weighted by atomic mass is 9.73. The lowest BCUT2D eigenvalue weighted by molar-refractivity contribution is 0.0490. The van der Waals surface area contributed by atoms with E-state index in [-0.39, 0.29) is 5.41 Å². The van der Waals surface area contributed by atoms with Crippen molar-refractivity contribution in [1.29, 1.82) is 0 Å². The summed E-state index contributed by atoms with van der Waals surface area (Å²) in [6.45, 7) is 6.06. The van der Waals surface area contributed by atoms with Crippen LogP contribution in [-0.4, -0.2) is 53.9 Å². The molecule has 0 spiro atoms. The molecule has 4 nitrogen and oxygen atoms in total. The zero-order chi connectivity index (χ0) is 19.8. The van der Waals surface area contributed by atoms with E-state index in [1.807, 2.05) is 0 Å². The normalized spacial score (nSPS) is 14.1. The van der Waals surface area contributed by atoms with Crippen LogP contribution in [0.3, 0.4) is 0 Å². The van der Waals surface area contributed by atoms with Gasteiger partial charge in [0.25, 0.3) is 0 Å². The Labute approximate surface area is 168 Å². The number of fused-ring (bicyclic) bond motifs is 3. The molecule has 1 aliphatic carbocycles. The van der Waals surface area contributed by atoms with Crippen molar-refractivity contribution in [3.8, 4) is 11.1 Å². The van der Waals surface area contributed by atoms with Gasteiger partial charge >= 0.3 is 0 Å². The first-order valence-electron chi connectivity index (χ1n) is 10.1. The maximum atomic E-state index is 5.88. The maximum absolute atomic E-state index is 5.88.